The molecule has 3 rings (SSSR count). The number of carbonyl (C=O) groups excluding carboxylic acids is 1. The summed E-state index contributed by atoms with van der Waals surface area (Å²) < 4.78 is 5.52. The van der Waals surface area contributed by atoms with E-state index in [0.717, 1.165) is 23.4 Å². The second-order valence-electron chi connectivity index (χ2n) is 4.53. The molecule has 2 bridgehead atoms. The van der Waals surface area contributed by atoms with Crippen LogP contribution in [0.1, 0.15) is 16.8 Å². The number of amides is 1. The van der Waals surface area contributed by atoms with Gasteiger partial charge in [-0.2, -0.15) is 0 Å². The van der Waals surface area contributed by atoms with Gasteiger partial charge < -0.3 is 9.64 Å². The SMILES string of the molecule is CSc1cccc(C(=O)N2CC3CC2CO3)c1. The average Bonchev–Trinajstić information content (AvgIpc) is 3.00. The number of benzene rings is 1. The molecule has 90 valence electrons. The van der Waals surface area contributed by atoms with Gasteiger partial charge in [0.1, 0.15) is 0 Å². The maximum absolute atomic E-state index is 12.4. The van der Waals surface area contributed by atoms with Crippen LogP contribution in [0.3, 0.4) is 0 Å². The highest BCUT2D eigenvalue weighted by molar-refractivity contribution is 7.98. The highest BCUT2D eigenvalue weighted by Crippen LogP contribution is 2.29. The van der Waals surface area contributed by atoms with E-state index in [1.165, 1.54) is 0 Å². The Labute approximate surface area is 105 Å². The zero-order chi connectivity index (χ0) is 11.8. The quantitative estimate of drug-likeness (QED) is 0.751. The number of likely N-dealkylation sites (tertiary alicyclic amines) is 1. The van der Waals surface area contributed by atoms with Crippen LogP contribution in [0.25, 0.3) is 0 Å². The van der Waals surface area contributed by atoms with E-state index in [9.17, 15) is 4.79 Å². The van der Waals surface area contributed by atoms with Gasteiger partial charge in [0.2, 0.25) is 0 Å². The molecule has 0 spiro atoms. The van der Waals surface area contributed by atoms with Gasteiger partial charge in [-0.1, -0.05) is 6.07 Å². The van der Waals surface area contributed by atoms with Crippen LogP contribution in [0, 0.1) is 0 Å². The lowest BCUT2D eigenvalue weighted by molar-refractivity contribution is 0.0259. The molecule has 0 aromatic heterocycles. The number of thioether (sulfide) groups is 1. The molecule has 1 aromatic carbocycles. The second kappa shape index (κ2) is 4.35. The minimum atomic E-state index is 0.150. The normalized spacial score (nSPS) is 26.5. The minimum absolute atomic E-state index is 0.150. The summed E-state index contributed by atoms with van der Waals surface area (Å²) >= 11 is 1.66. The molecule has 2 atom stereocenters. The molecule has 2 aliphatic heterocycles. The van der Waals surface area contributed by atoms with Crippen LogP contribution in [0.15, 0.2) is 29.2 Å². The van der Waals surface area contributed by atoms with Gasteiger partial charge >= 0.3 is 0 Å². The van der Waals surface area contributed by atoms with Crippen LogP contribution < -0.4 is 0 Å². The van der Waals surface area contributed by atoms with E-state index in [0.29, 0.717) is 12.6 Å². The number of fused-ring (bicyclic) bond motifs is 2. The highest BCUT2D eigenvalue weighted by Gasteiger charge is 2.41. The lowest BCUT2D eigenvalue weighted by atomic mass is 10.2. The first-order valence-corrected chi connectivity index (χ1v) is 7.07. The number of rotatable bonds is 2. The van der Waals surface area contributed by atoms with E-state index in [1.54, 1.807) is 11.8 Å². The fourth-order valence-electron chi connectivity index (χ4n) is 2.57. The Kier molecular flexibility index (Phi) is 2.84. The number of nitrogens with zero attached hydrogens (tertiary/aromatic N) is 1. The third kappa shape index (κ3) is 1.96. The summed E-state index contributed by atoms with van der Waals surface area (Å²) in [5.41, 5.74) is 0.796. The molecule has 0 aliphatic carbocycles. The molecule has 0 radical (unpaired) electrons. The van der Waals surface area contributed by atoms with E-state index < -0.39 is 0 Å². The molecule has 2 aliphatic rings. The molecule has 1 amide bonds. The Morgan fingerprint density at radius 1 is 1.53 bits per heavy atom. The molecular formula is C13H15NO2S. The van der Waals surface area contributed by atoms with Crippen molar-refractivity contribution in [3.63, 3.8) is 0 Å². The first kappa shape index (κ1) is 11.1. The Morgan fingerprint density at radius 2 is 2.41 bits per heavy atom. The summed E-state index contributed by atoms with van der Waals surface area (Å²) in [6, 6.07) is 8.14. The van der Waals surface area contributed by atoms with Crippen molar-refractivity contribution in [1.82, 2.24) is 4.90 Å². The van der Waals surface area contributed by atoms with Crippen molar-refractivity contribution in [2.75, 3.05) is 19.4 Å². The number of ether oxygens (including phenoxy) is 1. The number of hydrogen-bond acceptors (Lipinski definition) is 3. The Hall–Kier alpha value is -1.00. The van der Waals surface area contributed by atoms with Crippen LogP contribution >= 0.6 is 11.8 Å². The van der Waals surface area contributed by atoms with Gasteiger partial charge in [-0.15, -0.1) is 11.8 Å². The van der Waals surface area contributed by atoms with Crippen molar-refractivity contribution in [3.8, 4) is 0 Å². The highest BCUT2D eigenvalue weighted by atomic mass is 32.2. The first-order valence-electron chi connectivity index (χ1n) is 5.84. The van der Waals surface area contributed by atoms with Crippen LogP contribution in [-0.4, -0.2) is 42.4 Å². The topological polar surface area (TPSA) is 29.5 Å². The Balaban J connectivity index is 1.81. The Bertz CT molecular complexity index is 449. The fourth-order valence-corrected chi connectivity index (χ4v) is 3.03. The molecule has 17 heavy (non-hydrogen) atoms. The van der Waals surface area contributed by atoms with Crippen LogP contribution in [0.5, 0.6) is 0 Å². The van der Waals surface area contributed by atoms with Gasteiger partial charge in [-0.3, -0.25) is 4.79 Å². The molecule has 2 fully saturated rings. The summed E-state index contributed by atoms with van der Waals surface area (Å²) in [5.74, 6) is 0.150. The molecule has 3 nitrogen and oxygen atoms in total. The molecule has 0 N–H and O–H groups in total. The van der Waals surface area contributed by atoms with Gasteiger partial charge in [0.05, 0.1) is 18.8 Å². The largest absolute Gasteiger partial charge is 0.374 e. The molecule has 2 heterocycles. The predicted molar refractivity (Wildman–Crippen MR) is 67.4 cm³/mol. The molecule has 4 heteroatoms. The maximum Gasteiger partial charge on any atom is 0.254 e. The van der Waals surface area contributed by atoms with Crippen molar-refractivity contribution in [2.45, 2.75) is 23.5 Å². The average molecular weight is 249 g/mol. The molecule has 2 unspecified atom stereocenters. The summed E-state index contributed by atoms with van der Waals surface area (Å²) in [5, 5.41) is 0. The smallest absolute Gasteiger partial charge is 0.254 e. The number of carbonyl (C=O) groups is 1. The van der Waals surface area contributed by atoms with Gasteiger partial charge in [0.25, 0.3) is 5.91 Å². The van der Waals surface area contributed by atoms with E-state index >= 15 is 0 Å². The maximum atomic E-state index is 12.4. The van der Waals surface area contributed by atoms with E-state index in [4.69, 9.17) is 4.74 Å². The lowest BCUT2D eigenvalue weighted by Crippen LogP contribution is -2.41. The minimum Gasteiger partial charge on any atom is -0.374 e. The van der Waals surface area contributed by atoms with Crippen LogP contribution in [-0.2, 0) is 4.74 Å². The van der Waals surface area contributed by atoms with Crippen molar-refractivity contribution in [3.05, 3.63) is 29.8 Å². The predicted octanol–water partition coefficient (Wildman–Crippen LogP) is 2.02. The number of morpholine rings is 1. The molecule has 0 saturated carbocycles. The van der Waals surface area contributed by atoms with Crippen molar-refractivity contribution in [1.29, 1.82) is 0 Å². The van der Waals surface area contributed by atoms with Gasteiger partial charge in [0, 0.05) is 17.0 Å². The molecule has 2 saturated heterocycles. The Morgan fingerprint density at radius 3 is 3.06 bits per heavy atom. The van der Waals surface area contributed by atoms with Crippen LogP contribution in [0.4, 0.5) is 0 Å². The summed E-state index contributed by atoms with van der Waals surface area (Å²) in [4.78, 5) is 15.5. The standard InChI is InChI=1S/C13H15NO2S/c1-17-12-4-2-3-9(5-12)13(15)14-7-11-6-10(14)8-16-11/h2-5,10-11H,6-8H2,1H3. The summed E-state index contributed by atoms with van der Waals surface area (Å²) in [7, 11) is 0. The van der Waals surface area contributed by atoms with Gasteiger partial charge in [-0.05, 0) is 30.9 Å². The van der Waals surface area contributed by atoms with Gasteiger partial charge in [0.15, 0.2) is 0 Å². The zero-order valence-corrected chi connectivity index (χ0v) is 10.6. The fraction of sp³-hybridized carbons (Fsp3) is 0.462. The van der Waals surface area contributed by atoms with Gasteiger partial charge in [-0.25, -0.2) is 0 Å². The third-order valence-electron chi connectivity index (χ3n) is 3.48. The third-order valence-corrected chi connectivity index (χ3v) is 4.20. The van der Waals surface area contributed by atoms with Crippen molar-refractivity contribution >= 4 is 17.7 Å². The van der Waals surface area contributed by atoms with E-state index in [2.05, 4.69) is 0 Å². The number of hydrogen-bond donors (Lipinski definition) is 0. The van der Waals surface area contributed by atoms with Crippen LogP contribution in [0.2, 0.25) is 0 Å². The lowest BCUT2D eigenvalue weighted by Gasteiger charge is -2.27. The van der Waals surface area contributed by atoms with Crippen molar-refractivity contribution < 1.29 is 9.53 Å². The zero-order valence-electron chi connectivity index (χ0n) is 9.76. The van der Waals surface area contributed by atoms with E-state index in [1.807, 2.05) is 35.4 Å². The second-order valence-corrected chi connectivity index (χ2v) is 5.41. The summed E-state index contributed by atoms with van der Waals surface area (Å²) in [6.45, 7) is 1.46. The monoisotopic (exact) mass is 249 g/mol. The molecular weight excluding hydrogens is 234 g/mol. The van der Waals surface area contributed by atoms with E-state index in [-0.39, 0.29) is 12.0 Å². The van der Waals surface area contributed by atoms with Crippen molar-refractivity contribution in [2.24, 2.45) is 0 Å². The first-order chi connectivity index (χ1) is 8.28. The molecule has 1 aromatic rings. The summed E-state index contributed by atoms with van der Waals surface area (Å²) in [6.07, 6.45) is 3.30.